The number of carboxylic acids is 1. The van der Waals surface area contributed by atoms with Crippen molar-refractivity contribution in [1.82, 2.24) is 54.8 Å². The normalized spacial score (nSPS) is 10.3. The van der Waals surface area contributed by atoms with Gasteiger partial charge in [-0.25, -0.2) is 0 Å². The van der Waals surface area contributed by atoms with Gasteiger partial charge >= 0.3 is 36.1 Å². The number of carboxylic acid groups (broad SMARTS) is 1. The predicted octanol–water partition coefficient (Wildman–Crippen LogP) is 9.15. The number of alkyl halides is 1. The quantitative estimate of drug-likeness (QED) is 0.00165. The molecular formula is C86H100BrClN18O19S2. The summed E-state index contributed by atoms with van der Waals surface area (Å²) in [6.07, 6.45) is 34.5. The molecule has 41 heteroatoms. The van der Waals surface area contributed by atoms with E-state index in [9.17, 15) is 67.1 Å². The van der Waals surface area contributed by atoms with Crippen molar-refractivity contribution in [2.45, 2.75) is 169 Å². The molecule has 9 rings (SSSR count). The maximum absolute atomic E-state index is 12.8. The number of carbonyl (C=O) groups is 10. The second-order valence-electron chi connectivity index (χ2n) is 26.0. The van der Waals surface area contributed by atoms with E-state index in [1.807, 2.05) is 6.07 Å². The summed E-state index contributed by atoms with van der Waals surface area (Å²) in [5.74, 6) is 13.8. The van der Waals surface area contributed by atoms with Crippen LogP contribution < -0.4 is 50.9 Å². The van der Waals surface area contributed by atoms with E-state index in [4.69, 9.17) is 102 Å². The lowest BCUT2D eigenvalue weighted by atomic mass is 9.96. The third-order valence-electron chi connectivity index (χ3n) is 16.2. The minimum absolute atomic E-state index is 0.00371. The summed E-state index contributed by atoms with van der Waals surface area (Å²) in [6, 6.07) is 13.6. The van der Waals surface area contributed by atoms with Gasteiger partial charge in [0.1, 0.15) is 28.5 Å². The molecule has 0 unspecified atom stereocenters. The van der Waals surface area contributed by atoms with Gasteiger partial charge in [-0.3, -0.25) is 87.1 Å². The van der Waals surface area contributed by atoms with Crippen molar-refractivity contribution in [1.29, 1.82) is 0 Å². The standard InChI is InChI=1S/C25H32N4O6S.C25H28N4O6S.C10H10N4O.C6H7BrO.C6H6N2O.C5H5ClO.C5H6O2.C4H6N4O/c2*1-3-34-21(31)12-9-15(24(33)35-4-2)13-19(30)20-11-10-17(36-20)8-6-5-7-16-14-18-22(27-16)28-25(26)29-23(18)32;1-2-3-4-6-5-7-8(12-6)13-10(11)14-9(7)15;1-2-3-4-6(8)5-7;1-2-3-4-6(9)5-8-7;2*1-2-3-4-5(6)7;5-2-1-3(9)8-4(6)7-2/h10-11,14-15H,3-9,12-13H2,1-2H3,(H4,26,27,28,29,32);10-11,14-15H,3-5,7,9,12-13H2,1-2H3,(H4,26,27,28,29,32);1,5H,3-4H2,(H4,11,12,13,14,15);1H,3-5H2;1,5H,3-4H2;1H,3-4H2;1H,3-4H2,(H,6,7);1H,(H5,5,6,7,8,9)/t2*15-;;;;;;/m11....../s1. The number of aromatic nitrogens is 11. The number of terminal acetylenes is 5. The summed E-state index contributed by atoms with van der Waals surface area (Å²) in [5.41, 5.74) is 37.6. The van der Waals surface area contributed by atoms with Crippen LogP contribution in [0.1, 0.15) is 189 Å². The number of esters is 4. The number of aliphatic carboxylic acids is 1. The second-order valence-corrected chi connectivity index (χ2v) is 29.2. The van der Waals surface area contributed by atoms with Crippen molar-refractivity contribution in [3.05, 3.63) is 132 Å². The molecule has 37 nitrogen and oxygen atoms in total. The maximum Gasteiger partial charge on any atom is 0.323 e. The van der Waals surface area contributed by atoms with E-state index in [1.54, 1.807) is 64.1 Å². The predicted molar refractivity (Wildman–Crippen MR) is 489 cm³/mol. The molecule has 127 heavy (non-hydrogen) atoms. The molecule has 0 amide bonds. The van der Waals surface area contributed by atoms with Crippen LogP contribution in [0.15, 0.2) is 67.7 Å². The highest BCUT2D eigenvalue weighted by molar-refractivity contribution is 9.09. The van der Waals surface area contributed by atoms with E-state index in [0.717, 1.165) is 64.8 Å². The van der Waals surface area contributed by atoms with Gasteiger partial charge in [-0.15, -0.1) is 84.4 Å². The molecule has 0 saturated heterocycles. The van der Waals surface area contributed by atoms with E-state index < -0.39 is 41.7 Å². The van der Waals surface area contributed by atoms with Crippen molar-refractivity contribution < 1.29 is 76.8 Å². The molecule has 0 bridgehead atoms. The van der Waals surface area contributed by atoms with Gasteiger partial charge in [-0.2, -0.15) is 24.7 Å². The van der Waals surface area contributed by atoms with Crippen LogP contribution in [0.5, 0.6) is 0 Å². The van der Waals surface area contributed by atoms with Gasteiger partial charge in [0, 0.05) is 111 Å². The van der Waals surface area contributed by atoms with Crippen LogP contribution in [0.3, 0.4) is 0 Å². The summed E-state index contributed by atoms with van der Waals surface area (Å²) in [4.78, 5) is 200. The number of ether oxygens (including phenoxy) is 4. The van der Waals surface area contributed by atoms with Gasteiger partial charge < -0.3 is 73.2 Å². The first-order chi connectivity index (χ1) is 60.6. The van der Waals surface area contributed by atoms with Gasteiger partial charge in [-0.05, 0) is 133 Å². The van der Waals surface area contributed by atoms with Crippen LogP contribution in [0, 0.1) is 85.4 Å². The molecule has 9 aromatic rings. The highest BCUT2D eigenvalue weighted by Gasteiger charge is 2.28. The number of rotatable bonds is 37. The Balaban J connectivity index is 0.000000547. The molecule has 9 aromatic heterocycles. The number of nitrogen functional groups attached to an aromatic ring is 5. The molecular weight excluding hydrogens is 1770 g/mol. The van der Waals surface area contributed by atoms with Gasteiger partial charge in [0.2, 0.25) is 34.8 Å². The van der Waals surface area contributed by atoms with Crippen LogP contribution in [-0.2, 0) is 83.0 Å². The number of anilines is 5. The van der Waals surface area contributed by atoms with Crippen LogP contribution in [0.4, 0.5) is 29.6 Å². The first-order valence-electron chi connectivity index (χ1n) is 39.1. The number of unbranched alkanes of at least 4 members (excludes halogenated alkanes) is 1. The number of nitrogens with one attached hydrogen (secondary N) is 7. The number of hydrogen-bond acceptors (Lipinski definition) is 29. The van der Waals surface area contributed by atoms with Crippen LogP contribution >= 0.6 is 50.2 Å². The lowest BCUT2D eigenvalue weighted by molar-refractivity contribution is -0.150. The number of aryl methyl sites for hydroxylation is 4. The van der Waals surface area contributed by atoms with Crippen molar-refractivity contribution in [3.63, 3.8) is 0 Å². The molecule has 0 fully saturated rings. The average molecular weight is 1870 g/mol. The lowest BCUT2D eigenvalue weighted by Crippen LogP contribution is -2.22. The number of aromatic amines is 7. The number of H-pyrrole nitrogens is 7. The van der Waals surface area contributed by atoms with Gasteiger partial charge in [0.05, 0.1) is 80.8 Å². The highest BCUT2D eigenvalue weighted by Crippen LogP contribution is 2.26. The number of ketones is 4. The molecule has 674 valence electrons. The Bertz CT molecular complexity index is 5730. The second kappa shape index (κ2) is 61.9. The number of nitrogens with zero attached hydrogens (tertiary/aromatic N) is 6. The zero-order valence-corrected chi connectivity index (χ0v) is 74.2. The highest BCUT2D eigenvalue weighted by atomic mass is 79.9. The summed E-state index contributed by atoms with van der Waals surface area (Å²) < 4.78 is 20.0. The van der Waals surface area contributed by atoms with E-state index in [-0.39, 0.29) is 164 Å². The van der Waals surface area contributed by atoms with E-state index in [2.05, 4.69) is 117 Å². The lowest BCUT2D eigenvalue weighted by Gasteiger charge is -2.14. The Morgan fingerprint density at radius 1 is 0.520 bits per heavy atom. The summed E-state index contributed by atoms with van der Waals surface area (Å²) in [6.45, 7) is 7.77. The number of nitrogens with two attached hydrogens (primary N) is 5. The third kappa shape index (κ3) is 45.1. The number of hydrogen-bond donors (Lipinski definition) is 13. The fraction of sp³-hybridized carbons (Fsp3) is 0.384. The Kier molecular flexibility index (Phi) is 53.1. The van der Waals surface area contributed by atoms with Crippen LogP contribution in [0.2, 0.25) is 0 Å². The molecule has 9 heterocycles. The summed E-state index contributed by atoms with van der Waals surface area (Å²) in [7, 11) is 0. The van der Waals surface area contributed by atoms with E-state index in [0.29, 0.717) is 106 Å². The van der Waals surface area contributed by atoms with Gasteiger partial charge in [0.25, 0.3) is 22.2 Å². The Morgan fingerprint density at radius 3 is 1.35 bits per heavy atom. The number of fused-ring (bicyclic) bond motifs is 3. The number of Topliss-reactive ketones (excluding diaryl/α,β-unsaturated/α-hetero) is 4. The Hall–Kier alpha value is -14.2. The average Bonchev–Trinajstić information content (AvgIpc) is 1.68. The topological polar surface area (TPSA) is 625 Å². The van der Waals surface area contributed by atoms with Crippen LogP contribution in [0.25, 0.3) is 38.6 Å². The van der Waals surface area contributed by atoms with Crippen molar-refractivity contribution in [2.24, 2.45) is 11.8 Å². The minimum Gasteiger partial charge on any atom is -0.481 e. The third-order valence-corrected chi connectivity index (χ3v) is 19.2. The van der Waals surface area contributed by atoms with E-state index in [1.165, 1.54) is 22.7 Å². The van der Waals surface area contributed by atoms with Crippen molar-refractivity contribution in [2.75, 3.05) is 60.4 Å². The number of carbonyl (C=O) groups excluding carboxylic acids is 9. The van der Waals surface area contributed by atoms with Crippen molar-refractivity contribution in [3.8, 4) is 73.6 Å². The minimum atomic E-state index is -0.835. The van der Waals surface area contributed by atoms with Gasteiger partial charge in [0.15, 0.2) is 11.6 Å². The zero-order chi connectivity index (χ0) is 94.8. The molecule has 18 N–H and O–H groups in total. The fourth-order valence-corrected chi connectivity index (χ4v) is 12.5. The fourth-order valence-electron chi connectivity index (χ4n) is 10.3. The molecule has 2 atom stereocenters. The Morgan fingerprint density at radius 2 is 0.937 bits per heavy atom. The molecule has 0 spiro atoms. The van der Waals surface area contributed by atoms with Gasteiger partial charge in [-0.1, -0.05) is 27.8 Å². The first-order valence-corrected chi connectivity index (χ1v) is 42.3. The van der Waals surface area contributed by atoms with Crippen LogP contribution in [-0.4, -0.2) is 161 Å². The SMILES string of the molecule is C#CCCC(=O)C=[N+]=[N-].C#CCCC(=O)CBr.C#CCCC(=O)Cl.C#CCCC(=O)O.C#CCCc1cc2c(=O)[nH]c(N)nc2[nH]1.CCOC(=O)CC[C@H](CC(=O)c1ccc(C#CCCc2cc3c(=O)[nH]c(N)nc3[nH]2)s1)C(=O)OCC.CCOC(=O)CC[C@H](CC(=O)c1ccc(CCCCc2cc3c(=O)[nH]c(N)nc3[nH]2)s1)C(=O)OCC.Nc1cc(=O)[nH]c(N)n1. The Labute approximate surface area is 751 Å². The molecule has 0 radical (unpaired) electrons. The maximum atomic E-state index is 12.8. The molecule has 0 aromatic carbocycles. The molecule has 0 aliphatic heterocycles. The first kappa shape index (κ1) is 109. The summed E-state index contributed by atoms with van der Waals surface area (Å²) >= 11 is 10.6. The summed E-state index contributed by atoms with van der Waals surface area (Å²) in [5, 5.41) is 9.45. The number of halogens is 2. The van der Waals surface area contributed by atoms with E-state index >= 15 is 0 Å². The zero-order valence-electron chi connectivity index (χ0n) is 70.3. The molecule has 0 aliphatic rings. The van der Waals surface area contributed by atoms with Crippen molar-refractivity contribution >= 4 is 177 Å². The smallest absolute Gasteiger partial charge is 0.323 e. The largest absolute Gasteiger partial charge is 0.481 e. The number of thiophene rings is 2. The molecule has 0 saturated carbocycles. The monoisotopic (exact) mass is 1870 g/mol. The molecule has 0 aliphatic carbocycles.